The number of rotatable bonds is 1. The van der Waals surface area contributed by atoms with Crippen molar-refractivity contribution in [3.05, 3.63) is 71.4 Å². The zero-order valence-corrected chi connectivity index (χ0v) is 10.9. The van der Waals surface area contributed by atoms with Crippen molar-refractivity contribution in [1.82, 2.24) is 9.88 Å². The number of hydrogen-bond acceptors (Lipinski definition) is 1. The molecular weight excluding hydrogens is 232 g/mol. The van der Waals surface area contributed by atoms with Gasteiger partial charge in [0.15, 0.2) is 0 Å². The van der Waals surface area contributed by atoms with Gasteiger partial charge in [0.1, 0.15) is 0 Å². The van der Waals surface area contributed by atoms with Crippen LogP contribution in [0.1, 0.15) is 22.7 Å². The van der Waals surface area contributed by atoms with Crippen molar-refractivity contribution in [2.45, 2.75) is 12.6 Å². The molecule has 1 aliphatic rings. The van der Waals surface area contributed by atoms with Crippen LogP contribution in [0.5, 0.6) is 0 Å². The molecule has 4 rings (SSSR count). The molecule has 0 spiro atoms. The first kappa shape index (κ1) is 10.8. The van der Waals surface area contributed by atoms with Gasteiger partial charge in [-0.3, -0.25) is 4.90 Å². The minimum Gasteiger partial charge on any atom is -0.361 e. The molecule has 19 heavy (non-hydrogen) atoms. The molecule has 2 heteroatoms. The van der Waals surface area contributed by atoms with Crippen LogP contribution in [0.15, 0.2) is 54.7 Å². The lowest BCUT2D eigenvalue weighted by Gasteiger charge is -2.33. The molecule has 3 aromatic rings. The van der Waals surface area contributed by atoms with Gasteiger partial charge in [-0.2, -0.15) is 0 Å². The molecule has 0 fully saturated rings. The van der Waals surface area contributed by atoms with E-state index >= 15 is 0 Å². The third-order valence-electron chi connectivity index (χ3n) is 4.09. The molecule has 2 heterocycles. The van der Waals surface area contributed by atoms with Crippen molar-refractivity contribution < 1.29 is 0 Å². The lowest BCUT2D eigenvalue weighted by molar-refractivity contribution is 0.266. The summed E-state index contributed by atoms with van der Waals surface area (Å²) in [7, 11) is 2.20. The van der Waals surface area contributed by atoms with Crippen molar-refractivity contribution in [2.24, 2.45) is 0 Å². The smallest absolute Gasteiger partial charge is 0.0623 e. The standard InChI is InChI=1S/C17H16N2/c1-19-11-13-8-5-9-15-16(13)14(10-18-15)17(19)12-6-3-2-4-7-12/h2-10,17-18H,11H2,1H3/t17-/m0/s1. The van der Waals surface area contributed by atoms with E-state index in [-0.39, 0.29) is 0 Å². The van der Waals surface area contributed by atoms with Crippen molar-refractivity contribution in [3.8, 4) is 0 Å². The molecule has 1 aliphatic heterocycles. The van der Waals surface area contributed by atoms with Crippen LogP contribution in [0.25, 0.3) is 10.9 Å². The van der Waals surface area contributed by atoms with Gasteiger partial charge in [0.2, 0.25) is 0 Å². The molecule has 1 aromatic heterocycles. The third-order valence-corrected chi connectivity index (χ3v) is 4.09. The van der Waals surface area contributed by atoms with Gasteiger partial charge in [0.25, 0.3) is 0 Å². The molecule has 0 aliphatic carbocycles. The minimum absolute atomic E-state index is 0.352. The van der Waals surface area contributed by atoms with Crippen LogP contribution in [0, 0.1) is 0 Å². The maximum absolute atomic E-state index is 3.41. The molecule has 0 radical (unpaired) electrons. The van der Waals surface area contributed by atoms with Gasteiger partial charge >= 0.3 is 0 Å². The second kappa shape index (κ2) is 3.97. The molecule has 1 atom stereocenters. The molecule has 94 valence electrons. The fourth-order valence-corrected chi connectivity index (χ4v) is 3.30. The zero-order chi connectivity index (χ0) is 12.8. The highest BCUT2D eigenvalue weighted by Crippen LogP contribution is 2.39. The van der Waals surface area contributed by atoms with E-state index in [1.165, 1.54) is 27.6 Å². The molecule has 0 saturated carbocycles. The Kier molecular flexibility index (Phi) is 2.26. The number of hydrogen-bond donors (Lipinski definition) is 1. The first-order chi connectivity index (χ1) is 9.34. The van der Waals surface area contributed by atoms with E-state index in [0.717, 1.165) is 6.54 Å². The maximum Gasteiger partial charge on any atom is 0.0623 e. The maximum atomic E-state index is 3.41. The second-order valence-corrected chi connectivity index (χ2v) is 5.31. The third kappa shape index (κ3) is 1.53. The summed E-state index contributed by atoms with van der Waals surface area (Å²) in [6.07, 6.45) is 2.17. The second-order valence-electron chi connectivity index (χ2n) is 5.31. The van der Waals surface area contributed by atoms with Crippen molar-refractivity contribution in [3.63, 3.8) is 0 Å². The van der Waals surface area contributed by atoms with Crippen LogP contribution in [0.4, 0.5) is 0 Å². The predicted octanol–water partition coefficient (Wildman–Crippen LogP) is 3.70. The molecule has 0 unspecified atom stereocenters. The fourth-order valence-electron chi connectivity index (χ4n) is 3.30. The van der Waals surface area contributed by atoms with Gasteiger partial charge in [-0.05, 0) is 29.8 Å². The number of aromatic nitrogens is 1. The van der Waals surface area contributed by atoms with Crippen molar-refractivity contribution in [1.29, 1.82) is 0 Å². The van der Waals surface area contributed by atoms with Crippen LogP contribution in [0.3, 0.4) is 0 Å². The van der Waals surface area contributed by atoms with E-state index in [9.17, 15) is 0 Å². The number of aromatic amines is 1. The quantitative estimate of drug-likeness (QED) is 0.695. The van der Waals surface area contributed by atoms with Crippen LogP contribution < -0.4 is 0 Å². The highest BCUT2D eigenvalue weighted by Gasteiger charge is 2.27. The Morgan fingerprint density at radius 2 is 1.89 bits per heavy atom. The molecule has 0 amide bonds. The first-order valence-electron chi connectivity index (χ1n) is 6.68. The molecular formula is C17H16N2. The number of benzene rings is 2. The summed E-state index contributed by atoms with van der Waals surface area (Å²) >= 11 is 0. The summed E-state index contributed by atoms with van der Waals surface area (Å²) in [5.41, 5.74) is 5.43. The average Bonchev–Trinajstić information content (AvgIpc) is 2.86. The Morgan fingerprint density at radius 3 is 2.74 bits per heavy atom. The summed E-state index contributed by atoms with van der Waals surface area (Å²) in [4.78, 5) is 5.83. The van der Waals surface area contributed by atoms with E-state index in [1.54, 1.807) is 0 Å². The summed E-state index contributed by atoms with van der Waals surface area (Å²) in [6.45, 7) is 1.00. The van der Waals surface area contributed by atoms with Crippen molar-refractivity contribution in [2.75, 3.05) is 7.05 Å². The number of H-pyrrole nitrogens is 1. The van der Waals surface area contributed by atoms with E-state index < -0.39 is 0 Å². The Hall–Kier alpha value is -2.06. The van der Waals surface area contributed by atoms with E-state index in [4.69, 9.17) is 0 Å². The number of nitrogens with one attached hydrogen (secondary N) is 1. The predicted molar refractivity (Wildman–Crippen MR) is 78.1 cm³/mol. The van der Waals surface area contributed by atoms with Gasteiger partial charge in [0.05, 0.1) is 6.04 Å². The average molecular weight is 248 g/mol. The van der Waals surface area contributed by atoms with Crippen LogP contribution in [0.2, 0.25) is 0 Å². The SMILES string of the molecule is CN1Cc2cccc3[nH]cc(c23)[C@@H]1c1ccccc1. The zero-order valence-electron chi connectivity index (χ0n) is 10.9. The Bertz CT molecular complexity index is 727. The highest BCUT2D eigenvalue weighted by molar-refractivity contribution is 5.88. The minimum atomic E-state index is 0.352. The lowest BCUT2D eigenvalue weighted by atomic mass is 9.91. The molecule has 0 saturated heterocycles. The molecule has 1 N–H and O–H groups in total. The normalized spacial score (nSPS) is 18.9. The van der Waals surface area contributed by atoms with Gasteiger partial charge in [-0.1, -0.05) is 42.5 Å². The first-order valence-corrected chi connectivity index (χ1v) is 6.68. The van der Waals surface area contributed by atoms with Gasteiger partial charge in [-0.15, -0.1) is 0 Å². The topological polar surface area (TPSA) is 19.0 Å². The summed E-state index contributed by atoms with van der Waals surface area (Å²) in [5.74, 6) is 0. The van der Waals surface area contributed by atoms with Crippen molar-refractivity contribution >= 4 is 10.9 Å². The van der Waals surface area contributed by atoms with E-state index in [1.807, 2.05) is 0 Å². The summed E-state index contributed by atoms with van der Waals surface area (Å²) in [6, 6.07) is 17.6. The Morgan fingerprint density at radius 1 is 1.05 bits per heavy atom. The molecule has 0 bridgehead atoms. The summed E-state index contributed by atoms with van der Waals surface area (Å²) in [5, 5.41) is 1.41. The van der Waals surface area contributed by atoms with E-state index in [0.29, 0.717) is 6.04 Å². The summed E-state index contributed by atoms with van der Waals surface area (Å²) < 4.78 is 0. The van der Waals surface area contributed by atoms with E-state index in [2.05, 4.69) is 71.7 Å². The monoisotopic (exact) mass is 248 g/mol. The largest absolute Gasteiger partial charge is 0.361 e. The molecule has 2 aromatic carbocycles. The van der Waals surface area contributed by atoms with Gasteiger partial charge in [-0.25, -0.2) is 0 Å². The van der Waals surface area contributed by atoms with Crippen LogP contribution in [-0.2, 0) is 6.54 Å². The van der Waals surface area contributed by atoms with Crippen LogP contribution in [-0.4, -0.2) is 16.9 Å². The highest BCUT2D eigenvalue weighted by atomic mass is 15.1. The lowest BCUT2D eigenvalue weighted by Crippen LogP contribution is -2.28. The Labute approximate surface area is 112 Å². The fraction of sp³-hybridized carbons (Fsp3) is 0.176. The van der Waals surface area contributed by atoms with Gasteiger partial charge < -0.3 is 4.98 Å². The van der Waals surface area contributed by atoms with Gasteiger partial charge in [0, 0.05) is 23.6 Å². The number of nitrogens with zero attached hydrogens (tertiary/aromatic N) is 1. The molecule has 2 nitrogen and oxygen atoms in total. The Balaban J connectivity index is 1.97. The van der Waals surface area contributed by atoms with Crippen LogP contribution >= 0.6 is 0 Å².